The highest BCUT2D eigenvalue weighted by Gasteiger charge is 2.30. The molecule has 0 N–H and O–H groups in total. The second-order valence-corrected chi connectivity index (χ2v) is 4.23. The average Bonchev–Trinajstić information content (AvgIpc) is 2.11. The number of rotatable bonds is 0. The minimum atomic E-state index is 1.04. The summed E-state index contributed by atoms with van der Waals surface area (Å²) in [7, 11) is 2.83. The van der Waals surface area contributed by atoms with Crippen molar-refractivity contribution in [3.05, 3.63) is 0 Å². The summed E-state index contributed by atoms with van der Waals surface area (Å²) in [6.45, 7) is 2.67. The van der Waals surface area contributed by atoms with Gasteiger partial charge in [0.05, 0.1) is 0 Å². The maximum Gasteiger partial charge on any atom is 0.00447 e. The smallest absolute Gasteiger partial charge is 0.00447 e. The third-order valence-electron chi connectivity index (χ3n) is 2.64. The van der Waals surface area contributed by atoms with Crippen molar-refractivity contribution in [2.45, 2.75) is 19.3 Å². The summed E-state index contributed by atoms with van der Waals surface area (Å²) in [6, 6.07) is 0. The lowest BCUT2D eigenvalue weighted by Gasteiger charge is -2.27. The molecule has 0 amide bonds. The van der Waals surface area contributed by atoms with E-state index in [1.807, 2.05) is 0 Å². The monoisotopic (exact) mass is 143 g/mol. The molecule has 1 aliphatic carbocycles. The lowest BCUT2D eigenvalue weighted by Crippen LogP contribution is -2.28. The van der Waals surface area contributed by atoms with Crippen molar-refractivity contribution < 1.29 is 0 Å². The van der Waals surface area contributed by atoms with Gasteiger partial charge in [-0.15, -0.1) is 0 Å². The highest BCUT2D eigenvalue weighted by Crippen LogP contribution is 2.37. The largest absolute Gasteiger partial charge is 0.287 e. The molecular weight excluding hydrogens is 129 g/mol. The second kappa shape index (κ2) is 2.21. The van der Waals surface area contributed by atoms with Crippen molar-refractivity contribution in [1.29, 1.82) is 0 Å². The van der Waals surface area contributed by atoms with E-state index in [9.17, 15) is 0 Å². The van der Waals surface area contributed by atoms with E-state index in [1.165, 1.54) is 32.4 Å². The van der Waals surface area contributed by atoms with Gasteiger partial charge in [0.25, 0.3) is 0 Å². The van der Waals surface area contributed by atoms with E-state index in [4.69, 9.17) is 0 Å². The van der Waals surface area contributed by atoms with Crippen LogP contribution in [0.5, 0.6) is 0 Å². The third-order valence-corrected chi connectivity index (χ3v) is 3.06. The molecule has 3 unspecified atom stereocenters. The first-order valence-corrected chi connectivity index (χ1v) is 4.36. The van der Waals surface area contributed by atoms with Gasteiger partial charge in [0, 0.05) is 13.1 Å². The first kappa shape index (κ1) is 6.12. The Bertz CT molecular complexity index is 103. The average molecular weight is 143 g/mol. The van der Waals surface area contributed by atoms with Crippen LogP contribution in [0.4, 0.5) is 0 Å². The highest BCUT2D eigenvalue weighted by molar-refractivity contribution is 7.13. The summed E-state index contributed by atoms with van der Waals surface area (Å²) >= 11 is 0. The molecule has 3 atom stereocenters. The lowest BCUT2D eigenvalue weighted by atomic mass is 10.0. The zero-order chi connectivity index (χ0) is 6.27. The Morgan fingerprint density at radius 3 is 2.22 bits per heavy atom. The quantitative estimate of drug-likeness (QED) is 0.464. The summed E-state index contributed by atoms with van der Waals surface area (Å²) in [5.41, 5.74) is 0. The Balaban J connectivity index is 2.03. The molecule has 52 valence electrons. The van der Waals surface area contributed by atoms with Gasteiger partial charge in [-0.2, -0.15) is 0 Å². The molecule has 1 aliphatic heterocycles. The van der Waals surface area contributed by atoms with Crippen molar-refractivity contribution in [3.8, 4) is 0 Å². The van der Waals surface area contributed by atoms with Crippen molar-refractivity contribution in [3.63, 3.8) is 0 Å². The number of piperidine rings is 1. The first-order chi connectivity index (χ1) is 4.34. The summed E-state index contributed by atoms with van der Waals surface area (Å²) in [6.07, 6.45) is 4.51. The Morgan fingerprint density at radius 2 is 1.67 bits per heavy atom. The second-order valence-electron chi connectivity index (χ2n) is 3.50. The predicted octanol–water partition coefficient (Wildman–Crippen LogP) is 1.51. The Morgan fingerprint density at radius 1 is 1.11 bits per heavy atom. The molecule has 1 saturated carbocycles. The molecule has 2 bridgehead atoms. The van der Waals surface area contributed by atoms with Gasteiger partial charge in [-0.05, 0) is 31.1 Å². The fraction of sp³-hybridized carbons (Fsp3) is 1.00. The SMILES string of the molecule is PN1CC2CCC(C2)C1. The zero-order valence-electron chi connectivity index (χ0n) is 5.71. The van der Waals surface area contributed by atoms with Gasteiger partial charge in [0.2, 0.25) is 0 Å². The molecule has 1 heterocycles. The molecule has 9 heavy (non-hydrogen) atoms. The topological polar surface area (TPSA) is 3.24 Å². The maximum atomic E-state index is 2.83. The van der Waals surface area contributed by atoms with E-state index >= 15 is 0 Å². The van der Waals surface area contributed by atoms with Gasteiger partial charge >= 0.3 is 0 Å². The number of nitrogens with zero attached hydrogens (tertiary/aromatic N) is 1. The van der Waals surface area contributed by atoms with Gasteiger partial charge in [-0.25, -0.2) is 0 Å². The molecule has 2 heteroatoms. The van der Waals surface area contributed by atoms with Crippen molar-refractivity contribution in [2.75, 3.05) is 13.1 Å². The molecule has 0 aromatic carbocycles. The van der Waals surface area contributed by atoms with Crippen molar-refractivity contribution in [1.82, 2.24) is 4.67 Å². The molecule has 0 spiro atoms. The molecule has 2 rings (SSSR count). The Labute approximate surface area is 59.1 Å². The van der Waals surface area contributed by atoms with Crippen LogP contribution in [0.3, 0.4) is 0 Å². The lowest BCUT2D eigenvalue weighted by molar-refractivity contribution is 0.279. The zero-order valence-corrected chi connectivity index (χ0v) is 6.87. The van der Waals surface area contributed by atoms with Gasteiger partial charge in [0.1, 0.15) is 0 Å². The molecular formula is C7H14NP. The van der Waals surface area contributed by atoms with Gasteiger partial charge in [-0.1, -0.05) is 9.39 Å². The van der Waals surface area contributed by atoms with Gasteiger partial charge < -0.3 is 0 Å². The minimum Gasteiger partial charge on any atom is -0.287 e. The third kappa shape index (κ3) is 1.13. The number of hydrogen-bond acceptors (Lipinski definition) is 1. The van der Waals surface area contributed by atoms with Crippen LogP contribution in [-0.4, -0.2) is 17.8 Å². The van der Waals surface area contributed by atoms with Crippen LogP contribution < -0.4 is 0 Å². The van der Waals surface area contributed by atoms with Crippen molar-refractivity contribution >= 4 is 9.39 Å². The Hall–Kier alpha value is 0.390. The van der Waals surface area contributed by atoms with Crippen LogP contribution >= 0.6 is 9.39 Å². The van der Waals surface area contributed by atoms with Crippen molar-refractivity contribution in [2.24, 2.45) is 11.8 Å². The molecule has 0 aromatic heterocycles. The standard InChI is InChI=1S/C7H14NP/c9-8-4-6-1-2-7(3-6)5-8/h6-7H,1-5,9H2. The molecule has 1 nitrogen and oxygen atoms in total. The van der Waals surface area contributed by atoms with E-state index in [-0.39, 0.29) is 0 Å². The van der Waals surface area contributed by atoms with E-state index in [0.29, 0.717) is 0 Å². The highest BCUT2D eigenvalue weighted by atomic mass is 31.0. The van der Waals surface area contributed by atoms with Crippen LogP contribution in [-0.2, 0) is 0 Å². The first-order valence-electron chi connectivity index (χ1n) is 3.84. The van der Waals surface area contributed by atoms with Gasteiger partial charge in [-0.3, -0.25) is 4.67 Å². The fourth-order valence-electron chi connectivity index (χ4n) is 2.25. The normalized spacial score (nSPS) is 43.7. The molecule has 0 radical (unpaired) electrons. The van der Waals surface area contributed by atoms with E-state index in [2.05, 4.69) is 14.1 Å². The van der Waals surface area contributed by atoms with E-state index in [0.717, 1.165) is 11.8 Å². The Kier molecular flexibility index (Phi) is 1.51. The van der Waals surface area contributed by atoms with Crippen LogP contribution in [0.1, 0.15) is 19.3 Å². The summed E-state index contributed by atoms with van der Waals surface area (Å²) in [4.78, 5) is 0. The summed E-state index contributed by atoms with van der Waals surface area (Å²) in [5, 5.41) is 0. The molecule has 0 aromatic rings. The predicted molar refractivity (Wildman–Crippen MR) is 42.1 cm³/mol. The van der Waals surface area contributed by atoms with E-state index in [1.54, 1.807) is 0 Å². The van der Waals surface area contributed by atoms with Crippen LogP contribution in [0.25, 0.3) is 0 Å². The molecule has 1 saturated heterocycles. The number of hydrogen-bond donors (Lipinski definition) is 0. The molecule has 2 fully saturated rings. The van der Waals surface area contributed by atoms with Gasteiger partial charge in [0.15, 0.2) is 0 Å². The van der Waals surface area contributed by atoms with Crippen LogP contribution in [0.2, 0.25) is 0 Å². The molecule has 2 aliphatic rings. The minimum absolute atomic E-state index is 1.04. The van der Waals surface area contributed by atoms with E-state index < -0.39 is 0 Å². The summed E-state index contributed by atoms with van der Waals surface area (Å²) < 4.78 is 2.41. The maximum absolute atomic E-state index is 2.83. The fourth-order valence-corrected chi connectivity index (χ4v) is 2.84. The summed E-state index contributed by atoms with van der Waals surface area (Å²) in [5.74, 6) is 2.09. The van der Waals surface area contributed by atoms with Crippen LogP contribution in [0, 0.1) is 11.8 Å². The number of fused-ring (bicyclic) bond motifs is 2. The van der Waals surface area contributed by atoms with Crippen LogP contribution in [0.15, 0.2) is 0 Å².